The molecule has 0 bridgehead atoms. The average Bonchev–Trinajstić information content (AvgIpc) is 2.80. The van der Waals surface area contributed by atoms with Crippen LogP contribution in [-0.2, 0) is 21.6 Å². The summed E-state index contributed by atoms with van der Waals surface area (Å²) < 4.78 is 45.2. The number of rotatable bonds is 5. The van der Waals surface area contributed by atoms with E-state index in [1.54, 1.807) is 18.2 Å². The summed E-state index contributed by atoms with van der Waals surface area (Å²) in [4.78, 5) is 13.1. The molecule has 0 aromatic heterocycles. The van der Waals surface area contributed by atoms with Crippen LogP contribution in [0.15, 0.2) is 18.2 Å². The topological polar surface area (TPSA) is 72.9 Å². The molecule has 1 unspecified atom stereocenters. The van der Waals surface area contributed by atoms with Crippen molar-refractivity contribution in [2.75, 3.05) is 20.8 Å². The second-order valence-corrected chi connectivity index (χ2v) is 6.35. The molecule has 0 saturated carbocycles. The van der Waals surface area contributed by atoms with E-state index in [1.807, 2.05) is 0 Å². The zero-order valence-corrected chi connectivity index (χ0v) is 12.5. The number of benzene rings is 1. The predicted octanol–water partition coefficient (Wildman–Crippen LogP) is 1.10. The number of hydrogen-bond acceptors (Lipinski definition) is 5. The molecular weight excluding hydrogens is 301 g/mol. The molecule has 21 heavy (non-hydrogen) atoms. The van der Waals surface area contributed by atoms with E-state index in [0.29, 0.717) is 17.1 Å². The molecule has 0 N–H and O–H groups in total. The number of amides is 1. The maximum Gasteiger partial charge on any atom is 0.307 e. The van der Waals surface area contributed by atoms with Crippen LogP contribution < -0.4 is 9.47 Å². The number of ether oxygens (including phenoxy) is 2. The summed E-state index contributed by atoms with van der Waals surface area (Å²) in [6.07, 6.45) is -0.328. The molecule has 0 spiro atoms. The van der Waals surface area contributed by atoms with Crippen molar-refractivity contribution in [2.45, 2.75) is 18.2 Å². The third kappa shape index (κ3) is 3.26. The predicted molar refractivity (Wildman–Crippen MR) is 73.4 cm³/mol. The Balaban J connectivity index is 2.21. The van der Waals surface area contributed by atoms with E-state index in [4.69, 9.17) is 9.47 Å². The van der Waals surface area contributed by atoms with Crippen LogP contribution in [0.25, 0.3) is 0 Å². The highest BCUT2D eigenvalue weighted by Crippen LogP contribution is 2.32. The zero-order chi connectivity index (χ0) is 15.6. The first-order valence-corrected chi connectivity index (χ1v) is 7.72. The molecule has 0 aliphatic carbocycles. The Kier molecular flexibility index (Phi) is 4.36. The summed E-state index contributed by atoms with van der Waals surface area (Å²) in [5.74, 6) is 0.585. The molecule has 1 aliphatic heterocycles. The first-order valence-electron chi connectivity index (χ1n) is 6.28. The Hall–Kier alpha value is -1.83. The smallest absolute Gasteiger partial charge is 0.307 e. The molecule has 6 nitrogen and oxygen atoms in total. The van der Waals surface area contributed by atoms with Gasteiger partial charge in [-0.2, -0.15) is 8.42 Å². The fourth-order valence-electron chi connectivity index (χ4n) is 2.36. The van der Waals surface area contributed by atoms with Crippen molar-refractivity contribution in [3.05, 3.63) is 23.8 Å². The van der Waals surface area contributed by atoms with Gasteiger partial charge >= 0.3 is 10.2 Å². The van der Waals surface area contributed by atoms with E-state index in [1.165, 1.54) is 19.1 Å². The van der Waals surface area contributed by atoms with Gasteiger partial charge in [-0.1, -0.05) is 12.1 Å². The van der Waals surface area contributed by atoms with Gasteiger partial charge in [-0.3, -0.25) is 4.79 Å². The molecule has 1 aromatic carbocycles. The quantitative estimate of drug-likeness (QED) is 0.761. The molecule has 1 amide bonds. The molecule has 8 heteroatoms. The van der Waals surface area contributed by atoms with Gasteiger partial charge in [0.1, 0.15) is 5.25 Å². The van der Waals surface area contributed by atoms with Crippen LogP contribution >= 0.6 is 0 Å². The lowest BCUT2D eigenvalue weighted by molar-refractivity contribution is -0.128. The zero-order valence-electron chi connectivity index (χ0n) is 11.7. The highest BCUT2D eigenvalue weighted by Gasteiger charge is 2.38. The lowest BCUT2D eigenvalue weighted by Gasteiger charge is -2.19. The van der Waals surface area contributed by atoms with Crippen molar-refractivity contribution in [1.29, 1.82) is 0 Å². The Morgan fingerprint density at radius 2 is 2.05 bits per heavy atom. The van der Waals surface area contributed by atoms with E-state index >= 15 is 0 Å². The number of likely N-dealkylation sites (tertiary alicyclic amines) is 1. The molecular formula is C13H16FNO5S. The monoisotopic (exact) mass is 317 g/mol. The molecule has 1 aromatic rings. The highest BCUT2D eigenvalue weighted by molar-refractivity contribution is 7.87. The fourth-order valence-corrected chi connectivity index (χ4v) is 3.06. The lowest BCUT2D eigenvalue weighted by Crippen LogP contribution is -2.27. The van der Waals surface area contributed by atoms with Gasteiger partial charge < -0.3 is 14.4 Å². The number of hydrogen-bond donors (Lipinski definition) is 0. The van der Waals surface area contributed by atoms with Crippen molar-refractivity contribution in [3.8, 4) is 11.5 Å². The number of para-hydroxylation sites is 1. The van der Waals surface area contributed by atoms with Gasteiger partial charge in [-0.05, 0) is 6.07 Å². The van der Waals surface area contributed by atoms with Crippen LogP contribution in [0.1, 0.15) is 12.0 Å². The number of carbonyl (C=O) groups is 1. The van der Waals surface area contributed by atoms with Crippen molar-refractivity contribution in [2.24, 2.45) is 0 Å². The molecule has 1 aliphatic rings. The molecule has 1 fully saturated rings. The van der Waals surface area contributed by atoms with E-state index in [2.05, 4.69) is 0 Å². The molecule has 1 heterocycles. The highest BCUT2D eigenvalue weighted by atomic mass is 32.3. The summed E-state index contributed by atoms with van der Waals surface area (Å²) in [5.41, 5.74) is 0.669. The van der Waals surface area contributed by atoms with Crippen LogP contribution in [0.5, 0.6) is 11.5 Å². The average molecular weight is 317 g/mol. The minimum atomic E-state index is -4.71. The first kappa shape index (κ1) is 15.6. The van der Waals surface area contributed by atoms with Crippen LogP contribution in [0.2, 0.25) is 0 Å². The Morgan fingerprint density at radius 3 is 2.57 bits per heavy atom. The molecule has 1 atom stereocenters. The van der Waals surface area contributed by atoms with Crippen molar-refractivity contribution in [3.63, 3.8) is 0 Å². The Morgan fingerprint density at radius 1 is 1.33 bits per heavy atom. The molecule has 2 rings (SSSR count). The summed E-state index contributed by atoms with van der Waals surface area (Å²) in [6.45, 7) is -0.0107. The summed E-state index contributed by atoms with van der Waals surface area (Å²) >= 11 is 0. The van der Waals surface area contributed by atoms with Gasteiger partial charge in [0.25, 0.3) is 0 Å². The minimum absolute atomic E-state index is 0.144. The Bertz CT molecular complexity index is 646. The fraction of sp³-hybridized carbons (Fsp3) is 0.462. The SMILES string of the molecule is COc1cccc(CN2CC(S(=O)(=O)F)CC2=O)c1OC. The molecule has 1 saturated heterocycles. The number of methoxy groups -OCH3 is 2. The number of carbonyl (C=O) groups excluding carboxylic acids is 1. The summed E-state index contributed by atoms with van der Waals surface area (Å²) in [6, 6.07) is 5.19. The second kappa shape index (κ2) is 5.88. The van der Waals surface area contributed by atoms with E-state index in [9.17, 15) is 17.1 Å². The van der Waals surface area contributed by atoms with Crippen molar-refractivity contribution >= 4 is 16.1 Å². The number of halogens is 1. The van der Waals surface area contributed by atoms with Crippen LogP contribution in [0, 0.1) is 0 Å². The van der Waals surface area contributed by atoms with E-state index in [0.717, 1.165) is 0 Å². The van der Waals surface area contributed by atoms with Crippen LogP contribution in [-0.4, -0.2) is 45.2 Å². The Labute approximate surface area is 122 Å². The van der Waals surface area contributed by atoms with Crippen molar-refractivity contribution < 1.29 is 26.6 Å². The first-order chi connectivity index (χ1) is 9.86. The van der Waals surface area contributed by atoms with Gasteiger partial charge in [-0.15, -0.1) is 3.89 Å². The maximum absolute atomic E-state index is 13.0. The van der Waals surface area contributed by atoms with E-state index < -0.39 is 21.4 Å². The van der Waals surface area contributed by atoms with Gasteiger partial charge in [0.2, 0.25) is 5.91 Å². The van der Waals surface area contributed by atoms with Gasteiger partial charge in [0.05, 0.1) is 14.2 Å². The second-order valence-electron chi connectivity index (χ2n) is 4.73. The third-order valence-corrected chi connectivity index (χ3v) is 4.53. The minimum Gasteiger partial charge on any atom is -0.493 e. The summed E-state index contributed by atoms with van der Waals surface area (Å²) in [5, 5.41) is -1.29. The van der Waals surface area contributed by atoms with Gasteiger partial charge in [0, 0.05) is 25.1 Å². The molecule has 116 valence electrons. The van der Waals surface area contributed by atoms with Gasteiger partial charge in [-0.25, -0.2) is 0 Å². The summed E-state index contributed by atoms with van der Waals surface area (Å²) in [7, 11) is -1.74. The number of nitrogens with zero attached hydrogens (tertiary/aromatic N) is 1. The van der Waals surface area contributed by atoms with Crippen LogP contribution in [0.4, 0.5) is 3.89 Å². The van der Waals surface area contributed by atoms with Gasteiger partial charge in [0.15, 0.2) is 11.5 Å². The van der Waals surface area contributed by atoms with E-state index in [-0.39, 0.29) is 19.5 Å². The standard InChI is InChI=1S/C13H16FNO5S/c1-19-11-5-3-4-9(13(11)20-2)7-15-8-10(6-12(15)16)21(14,17)18/h3-5,10H,6-8H2,1-2H3. The molecule has 0 radical (unpaired) electrons. The normalized spacial score (nSPS) is 18.9. The van der Waals surface area contributed by atoms with Crippen molar-refractivity contribution in [1.82, 2.24) is 4.90 Å². The van der Waals surface area contributed by atoms with Crippen LogP contribution in [0.3, 0.4) is 0 Å². The lowest BCUT2D eigenvalue weighted by atomic mass is 10.1. The maximum atomic E-state index is 13.0. The largest absolute Gasteiger partial charge is 0.493 e. The third-order valence-electron chi connectivity index (χ3n) is 3.42.